The molecule has 6 nitrogen and oxygen atoms in total. The topological polar surface area (TPSA) is 87.2 Å². The Hall–Kier alpha value is -2.86. The lowest BCUT2D eigenvalue weighted by molar-refractivity contribution is 0.0697. The van der Waals surface area contributed by atoms with Crippen LogP contribution in [-0.2, 0) is 6.54 Å². The number of carboxylic acids is 1. The maximum atomic E-state index is 11.2. The highest BCUT2D eigenvalue weighted by atomic mass is 35.5. The summed E-state index contributed by atoms with van der Waals surface area (Å²) in [5, 5.41) is 28.8. The van der Waals surface area contributed by atoms with Gasteiger partial charge in [0, 0.05) is 11.9 Å². The van der Waals surface area contributed by atoms with Crippen molar-refractivity contribution < 1.29 is 15.0 Å². The summed E-state index contributed by atoms with van der Waals surface area (Å²) in [6.07, 6.45) is 0.863. The summed E-state index contributed by atoms with van der Waals surface area (Å²) in [6, 6.07) is 11.9. The number of hydrogen-bond donors (Lipinski definition) is 2. The van der Waals surface area contributed by atoms with Gasteiger partial charge in [0.2, 0.25) is 5.88 Å². The van der Waals surface area contributed by atoms with Crippen LogP contribution >= 0.6 is 11.6 Å². The van der Waals surface area contributed by atoms with Crippen molar-refractivity contribution in [3.63, 3.8) is 0 Å². The number of fused-ring (bicyclic) bond motifs is 1. The molecule has 0 fully saturated rings. The highest BCUT2D eigenvalue weighted by Crippen LogP contribution is 2.39. The van der Waals surface area contributed by atoms with Crippen molar-refractivity contribution in [2.24, 2.45) is 10.2 Å². The van der Waals surface area contributed by atoms with Gasteiger partial charge in [-0.15, -0.1) is 5.11 Å². The number of rotatable bonds is 5. The molecule has 1 heterocycles. The van der Waals surface area contributed by atoms with Crippen molar-refractivity contribution in [2.45, 2.75) is 19.9 Å². The molecule has 0 amide bonds. The molecule has 0 aliphatic carbocycles. The van der Waals surface area contributed by atoms with Gasteiger partial charge in [0.05, 0.1) is 21.8 Å². The van der Waals surface area contributed by atoms with Gasteiger partial charge in [-0.1, -0.05) is 36.7 Å². The Balaban J connectivity index is 2.06. The lowest BCUT2D eigenvalue weighted by Gasteiger charge is -2.03. The maximum absolute atomic E-state index is 11.2. The van der Waals surface area contributed by atoms with Gasteiger partial charge in [-0.05, 0) is 30.7 Å². The van der Waals surface area contributed by atoms with Crippen LogP contribution in [0.4, 0.5) is 11.4 Å². The Morgan fingerprint density at radius 2 is 1.96 bits per heavy atom. The number of nitrogens with zero attached hydrogens (tertiary/aromatic N) is 3. The lowest BCUT2D eigenvalue weighted by Crippen LogP contribution is -1.96. The van der Waals surface area contributed by atoms with Crippen LogP contribution in [0.5, 0.6) is 5.88 Å². The lowest BCUT2D eigenvalue weighted by atomic mass is 10.2. The van der Waals surface area contributed by atoms with E-state index in [1.165, 1.54) is 12.1 Å². The number of azo groups is 1. The summed E-state index contributed by atoms with van der Waals surface area (Å²) in [5.41, 5.74) is 1.53. The van der Waals surface area contributed by atoms with Crippen molar-refractivity contribution in [2.75, 3.05) is 0 Å². The fourth-order valence-corrected chi connectivity index (χ4v) is 2.87. The van der Waals surface area contributed by atoms with Crippen molar-refractivity contribution in [3.8, 4) is 5.88 Å². The van der Waals surface area contributed by atoms with E-state index in [-0.39, 0.29) is 16.5 Å². The number of carbonyl (C=O) groups is 1. The molecule has 0 radical (unpaired) electrons. The van der Waals surface area contributed by atoms with Crippen LogP contribution in [0.15, 0.2) is 52.7 Å². The number of halogens is 1. The molecule has 0 aliphatic heterocycles. The highest BCUT2D eigenvalue weighted by Gasteiger charge is 2.16. The van der Waals surface area contributed by atoms with E-state index in [1.807, 2.05) is 31.2 Å². The zero-order valence-electron chi connectivity index (χ0n) is 13.5. The van der Waals surface area contributed by atoms with Crippen molar-refractivity contribution >= 4 is 39.8 Å². The Morgan fingerprint density at radius 1 is 1.20 bits per heavy atom. The van der Waals surface area contributed by atoms with E-state index in [0.29, 0.717) is 17.9 Å². The second kappa shape index (κ2) is 6.94. The fourth-order valence-electron chi connectivity index (χ4n) is 2.67. The first-order valence-corrected chi connectivity index (χ1v) is 8.15. The zero-order valence-corrected chi connectivity index (χ0v) is 14.2. The van der Waals surface area contributed by atoms with Gasteiger partial charge in [-0.3, -0.25) is 0 Å². The molecular formula is C18H16ClN3O3. The molecule has 0 bridgehead atoms. The molecular weight excluding hydrogens is 342 g/mol. The third kappa shape index (κ3) is 3.21. The van der Waals surface area contributed by atoms with Crippen molar-refractivity contribution in [1.82, 2.24) is 4.57 Å². The molecule has 0 saturated heterocycles. The quantitative estimate of drug-likeness (QED) is 0.589. The summed E-state index contributed by atoms with van der Waals surface area (Å²) in [5.74, 6) is -1.09. The predicted octanol–water partition coefficient (Wildman–Crippen LogP) is 5.52. The Morgan fingerprint density at radius 3 is 2.68 bits per heavy atom. The number of aromatic hydroxyl groups is 1. The summed E-state index contributed by atoms with van der Waals surface area (Å²) in [4.78, 5) is 11.2. The molecule has 7 heteroatoms. The number of benzene rings is 2. The number of aromatic nitrogens is 1. The number of hydrogen-bond acceptors (Lipinski definition) is 4. The first-order chi connectivity index (χ1) is 12.0. The van der Waals surface area contributed by atoms with Crippen molar-refractivity contribution in [3.05, 3.63) is 53.1 Å². The molecule has 128 valence electrons. The standard InChI is InChI=1S/C18H16ClN3O3/c1-2-9-22-15-6-4-3-5-12(15)16(17(22)23)21-20-11-7-8-14(19)13(10-11)18(24)25/h3-8,10,23H,2,9H2,1H3,(H,24,25). The number of para-hydroxylation sites is 1. The summed E-state index contributed by atoms with van der Waals surface area (Å²) in [7, 11) is 0. The van der Waals surface area contributed by atoms with E-state index in [4.69, 9.17) is 16.7 Å². The van der Waals surface area contributed by atoms with E-state index in [1.54, 1.807) is 10.6 Å². The largest absolute Gasteiger partial charge is 0.493 e. The minimum absolute atomic E-state index is 0.0409. The van der Waals surface area contributed by atoms with E-state index in [2.05, 4.69) is 10.2 Å². The van der Waals surface area contributed by atoms with E-state index in [9.17, 15) is 9.90 Å². The number of carboxylic acid groups (broad SMARTS) is 1. The van der Waals surface area contributed by atoms with Gasteiger partial charge < -0.3 is 14.8 Å². The molecule has 3 rings (SSSR count). The summed E-state index contributed by atoms with van der Waals surface area (Å²) >= 11 is 5.85. The molecule has 25 heavy (non-hydrogen) atoms. The Bertz CT molecular complexity index is 979. The normalized spacial score (nSPS) is 11.4. The second-order valence-electron chi connectivity index (χ2n) is 5.51. The minimum Gasteiger partial charge on any atom is -0.493 e. The van der Waals surface area contributed by atoms with Gasteiger partial charge in [0.1, 0.15) is 0 Å². The first-order valence-electron chi connectivity index (χ1n) is 7.77. The number of aryl methyl sites for hydroxylation is 1. The van der Waals surface area contributed by atoms with Crippen LogP contribution in [0.2, 0.25) is 5.02 Å². The molecule has 0 spiro atoms. The molecule has 0 unspecified atom stereocenters. The molecule has 1 aromatic heterocycles. The SMILES string of the molecule is CCCn1c(O)c(N=Nc2ccc(Cl)c(C(=O)O)c2)c2ccccc21. The average Bonchev–Trinajstić information content (AvgIpc) is 2.86. The van der Waals surface area contributed by atoms with Gasteiger partial charge in [0.25, 0.3) is 0 Å². The maximum Gasteiger partial charge on any atom is 0.337 e. The van der Waals surface area contributed by atoms with Crippen LogP contribution in [0, 0.1) is 0 Å². The molecule has 2 aromatic carbocycles. The summed E-state index contributed by atoms with van der Waals surface area (Å²) in [6.45, 7) is 2.68. The molecule has 2 N–H and O–H groups in total. The van der Waals surface area contributed by atoms with E-state index >= 15 is 0 Å². The van der Waals surface area contributed by atoms with Crippen LogP contribution in [0.1, 0.15) is 23.7 Å². The Kier molecular flexibility index (Phi) is 4.72. The van der Waals surface area contributed by atoms with Gasteiger partial charge in [-0.25, -0.2) is 4.79 Å². The minimum atomic E-state index is -1.13. The average molecular weight is 358 g/mol. The second-order valence-corrected chi connectivity index (χ2v) is 5.92. The van der Waals surface area contributed by atoms with E-state index < -0.39 is 5.97 Å². The van der Waals surface area contributed by atoms with Crippen LogP contribution < -0.4 is 0 Å². The zero-order chi connectivity index (χ0) is 18.0. The van der Waals surface area contributed by atoms with Crippen LogP contribution in [-0.4, -0.2) is 20.7 Å². The monoisotopic (exact) mass is 357 g/mol. The fraction of sp³-hybridized carbons (Fsp3) is 0.167. The third-order valence-corrected chi connectivity index (χ3v) is 4.14. The van der Waals surface area contributed by atoms with Crippen LogP contribution in [0.3, 0.4) is 0 Å². The molecule has 0 saturated carbocycles. The Labute approximate surface area is 149 Å². The highest BCUT2D eigenvalue weighted by molar-refractivity contribution is 6.33. The first kappa shape index (κ1) is 17.0. The van der Waals surface area contributed by atoms with Crippen molar-refractivity contribution in [1.29, 1.82) is 0 Å². The van der Waals surface area contributed by atoms with Gasteiger partial charge >= 0.3 is 5.97 Å². The van der Waals surface area contributed by atoms with E-state index in [0.717, 1.165) is 17.3 Å². The predicted molar refractivity (Wildman–Crippen MR) is 96.5 cm³/mol. The number of aromatic carboxylic acids is 1. The smallest absolute Gasteiger partial charge is 0.337 e. The van der Waals surface area contributed by atoms with Gasteiger partial charge in [0.15, 0.2) is 5.69 Å². The summed E-state index contributed by atoms with van der Waals surface area (Å²) < 4.78 is 1.79. The molecule has 3 aromatic rings. The molecule has 0 aliphatic rings. The van der Waals surface area contributed by atoms with Gasteiger partial charge in [-0.2, -0.15) is 5.11 Å². The molecule has 0 atom stereocenters. The van der Waals surface area contributed by atoms with Crippen LogP contribution in [0.25, 0.3) is 10.9 Å². The third-order valence-electron chi connectivity index (χ3n) is 3.81.